The van der Waals surface area contributed by atoms with Crippen LogP contribution in [0.5, 0.6) is 5.75 Å². The summed E-state index contributed by atoms with van der Waals surface area (Å²) in [6.07, 6.45) is 5.01. The highest BCUT2D eigenvalue weighted by Gasteiger charge is 2.06. The summed E-state index contributed by atoms with van der Waals surface area (Å²) in [7, 11) is 0. The van der Waals surface area contributed by atoms with Crippen molar-refractivity contribution in [3.8, 4) is 5.75 Å². The number of hydrogen-bond acceptors (Lipinski definition) is 2. The first-order valence-corrected chi connectivity index (χ1v) is 7.65. The van der Waals surface area contributed by atoms with Crippen LogP contribution in [-0.4, -0.2) is 13.2 Å². The maximum Gasteiger partial charge on any atom is 0.122 e. The van der Waals surface area contributed by atoms with Crippen LogP contribution < -0.4 is 10.1 Å². The average Bonchev–Trinajstić information content (AvgIpc) is 2.40. The van der Waals surface area contributed by atoms with Crippen molar-refractivity contribution in [2.75, 3.05) is 13.2 Å². The molecule has 1 aromatic carbocycles. The Morgan fingerprint density at radius 3 is 2.58 bits per heavy atom. The Bertz CT molecular complexity index is 362. The van der Waals surface area contributed by atoms with Crippen molar-refractivity contribution in [1.82, 2.24) is 5.32 Å². The van der Waals surface area contributed by atoms with Gasteiger partial charge in [0, 0.05) is 6.04 Å². The van der Waals surface area contributed by atoms with Crippen molar-refractivity contribution < 1.29 is 4.74 Å². The smallest absolute Gasteiger partial charge is 0.122 e. The van der Waals surface area contributed by atoms with E-state index in [9.17, 15) is 0 Å². The Balaban J connectivity index is 2.47. The van der Waals surface area contributed by atoms with Crippen LogP contribution in [0.4, 0.5) is 0 Å². The fraction of sp³-hybridized carbons (Fsp3) is 0.647. The van der Waals surface area contributed by atoms with Crippen LogP contribution in [0.1, 0.15) is 63.6 Å². The highest BCUT2D eigenvalue weighted by molar-refractivity contribution is 5.37. The van der Waals surface area contributed by atoms with Gasteiger partial charge in [-0.2, -0.15) is 0 Å². The van der Waals surface area contributed by atoms with Crippen LogP contribution in [0.3, 0.4) is 0 Å². The molecule has 19 heavy (non-hydrogen) atoms. The van der Waals surface area contributed by atoms with Gasteiger partial charge < -0.3 is 10.1 Å². The predicted molar refractivity (Wildman–Crippen MR) is 82.9 cm³/mol. The highest BCUT2D eigenvalue weighted by Crippen LogP contribution is 2.23. The zero-order valence-corrected chi connectivity index (χ0v) is 13.0. The minimum atomic E-state index is 0.405. The fourth-order valence-electron chi connectivity index (χ4n) is 2.24. The zero-order valence-electron chi connectivity index (χ0n) is 13.0. The van der Waals surface area contributed by atoms with Crippen molar-refractivity contribution >= 4 is 0 Å². The third-order valence-electron chi connectivity index (χ3n) is 3.46. The maximum atomic E-state index is 5.86. The standard InChI is InChI=1S/C17H29NO/c1-5-7-8-9-12-19-17-11-10-16(13-14(17)3)15(4)18-6-2/h10-11,13,15,18H,5-9,12H2,1-4H3. The van der Waals surface area contributed by atoms with E-state index in [2.05, 4.69) is 51.2 Å². The normalized spacial score (nSPS) is 12.4. The molecule has 0 radical (unpaired) electrons. The molecule has 0 aromatic heterocycles. The molecule has 0 bridgehead atoms. The second kappa shape index (κ2) is 8.98. The molecule has 1 aromatic rings. The first-order valence-electron chi connectivity index (χ1n) is 7.65. The number of unbranched alkanes of at least 4 members (excludes halogenated alkanes) is 3. The molecule has 0 aliphatic rings. The fourth-order valence-corrected chi connectivity index (χ4v) is 2.24. The molecule has 0 spiro atoms. The number of rotatable bonds is 9. The van der Waals surface area contributed by atoms with Gasteiger partial charge in [0.25, 0.3) is 0 Å². The number of ether oxygens (including phenoxy) is 1. The average molecular weight is 263 g/mol. The monoisotopic (exact) mass is 263 g/mol. The van der Waals surface area contributed by atoms with E-state index in [1.807, 2.05) is 0 Å². The summed E-state index contributed by atoms with van der Waals surface area (Å²) in [5.41, 5.74) is 2.57. The molecule has 0 saturated carbocycles. The lowest BCUT2D eigenvalue weighted by Gasteiger charge is -2.15. The Hall–Kier alpha value is -1.02. The van der Waals surface area contributed by atoms with Crippen LogP contribution in [0.15, 0.2) is 18.2 Å². The zero-order chi connectivity index (χ0) is 14.1. The number of nitrogens with one attached hydrogen (secondary N) is 1. The quantitative estimate of drug-likeness (QED) is 0.656. The molecule has 0 saturated heterocycles. The molecule has 0 heterocycles. The number of hydrogen-bond donors (Lipinski definition) is 1. The molecule has 0 aliphatic carbocycles. The van der Waals surface area contributed by atoms with Gasteiger partial charge in [0.15, 0.2) is 0 Å². The topological polar surface area (TPSA) is 21.3 Å². The molecule has 0 amide bonds. The molecule has 2 nitrogen and oxygen atoms in total. The van der Waals surface area contributed by atoms with Crippen molar-refractivity contribution in [2.24, 2.45) is 0 Å². The molecule has 0 fully saturated rings. The third-order valence-corrected chi connectivity index (χ3v) is 3.46. The lowest BCUT2D eigenvalue weighted by molar-refractivity contribution is 0.303. The van der Waals surface area contributed by atoms with Crippen LogP contribution in [0.2, 0.25) is 0 Å². The summed E-state index contributed by atoms with van der Waals surface area (Å²) < 4.78 is 5.86. The summed E-state index contributed by atoms with van der Waals surface area (Å²) in [4.78, 5) is 0. The summed E-state index contributed by atoms with van der Waals surface area (Å²) in [6, 6.07) is 6.91. The van der Waals surface area contributed by atoms with E-state index in [-0.39, 0.29) is 0 Å². The Labute approximate surface area is 118 Å². The van der Waals surface area contributed by atoms with Gasteiger partial charge in [-0.15, -0.1) is 0 Å². The summed E-state index contributed by atoms with van der Waals surface area (Å²) in [6.45, 7) is 10.5. The molecule has 108 valence electrons. The largest absolute Gasteiger partial charge is 0.493 e. The van der Waals surface area contributed by atoms with Gasteiger partial charge in [0.1, 0.15) is 5.75 Å². The van der Waals surface area contributed by atoms with Crippen LogP contribution in [0, 0.1) is 6.92 Å². The SMILES string of the molecule is CCCCCCOc1ccc(C(C)NCC)cc1C. The first-order chi connectivity index (χ1) is 9.19. The van der Waals surface area contributed by atoms with E-state index >= 15 is 0 Å². The Morgan fingerprint density at radius 1 is 1.16 bits per heavy atom. The lowest BCUT2D eigenvalue weighted by Crippen LogP contribution is -2.17. The third kappa shape index (κ3) is 5.65. The first kappa shape index (κ1) is 16.0. The summed E-state index contributed by atoms with van der Waals surface area (Å²) >= 11 is 0. The van der Waals surface area contributed by atoms with E-state index in [0.29, 0.717) is 6.04 Å². The molecular formula is C17H29NO. The van der Waals surface area contributed by atoms with Crippen molar-refractivity contribution in [2.45, 2.75) is 59.4 Å². The van der Waals surface area contributed by atoms with Crippen molar-refractivity contribution in [3.05, 3.63) is 29.3 Å². The van der Waals surface area contributed by atoms with Gasteiger partial charge in [-0.25, -0.2) is 0 Å². The Kier molecular flexibility index (Phi) is 7.57. The van der Waals surface area contributed by atoms with Gasteiger partial charge in [-0.1, -0.05) is 45.2 Å². The second-order valence-corrected chi connectivity index (χ2v) is 5.21. The summed E-state index contributed by atoms with van der Waals surface area (Å²) in [5.74, 6) is 1.03. The van der Waals surface area contributed by atoms with Crippen molar-refractivity contribution in [1.29, 1.82) is 0 Å². The van der Waals surface area contributed by atoms with Gasteiger partial charge in [0.05, 0.1) is 6.61 Å². The van der Waals surface area contributed by atoms with Gasteiger partial charge in [-0.3, -0.25) is 0 Å². The van der Waals surface area contributed by atoms with E-state index in [1.54, 1.807) is 0 Å². The van der Waals surface area contributed by atoms with E-state index < -0.39 is 0 Å². The molecular weight excluding hydrogens is 234 g/mol. The van der Waals surface area contributed by atoms with Gasteiger partial charge >= 0.3 is 0 Å². The molecule has 2 heteroatoms. The van der Waals surface area contributed by atoms with E-state index in [4.69, 9.17) is 4.74 Å². The molecule has 0 aliphatic heterocycles. The molecule has 1 rings (SSSR count). The Morgan fingerprint density at radius 2 is 1.95 bits per heavy atom. The minimum absolute atomic E-state index is 0.405. The number of aryl methyl sites for hydroxylation is 1. The van der Waals surface area contributed by atoms with Crippen LogP contribution in [-0.2, 0) is 0 Å². The van der Waals surface area contributed by atoms with Gasteiger partial charge in [0.2, 0.25) is 0 Å². The molecule has 1 atom stereocenters. The molecule has 1 unspecified atom stereocenters. The van der Waals surface area contributed by atoms with E-state index in [0.717, 1.165) is 25.3 Å². The van der Waals surface area contributed by atoms with Crippen LogP contribution in [0.25, 0.3) is 0 Å². The minimum Gasteiger partial charge on any atom is -0.493 e. The second-order valence-electron chi connectivity index (χ2n) is 5.21. The van der Waals surface area contributed by atoms with E-state index in [1.165, 1.54) is 30.4 Å². The summed E-state index contributed by atoms with van der Waals surface area (Å²) in [5, 5.41) is 3.43. The predicted octanol–water partition coefficient (Wildman–Crippen LogP) is 4.62. The number of benzene rings is 1. The van der Waals surface area contributed by atoms with Crippen molar-refractivity contribution in [3.63, 3.8) is 0 Å². The highest BCUT2D eigenvalue weighted by atomic mass is 16.5. The lowest BCUT2D eigenvalue weighted by atomic mass is 10.1. The van der Waals surface area contributed by atoms with Crippen LogP contribution >= 0.6 is 0 Å². The van der Waals surface area contributed by atoms with Gasteiger partial charge in [-0.05, 0) is 44.0 Å². The maximum absolute atomic E-state index is 5.86. The molecule has 1 N–H and O–H groups in total.